The fraction of sp³-hybridized carbons (Fsp3) is 0.417. The molecule has 0 aliphatic carbocycles. The Labute approximate surface area is 109 Å². The molecule has 0 unspecified atom stereocenters. The zero-order chi connectivity index (χ0) is 11.5. The number of hydrogen-bond acceptors (Lipinski definition) is 2. The number of rotatable bonds is 2. The molecule has 86 valence electrons. The van der Waals surface area contributed by atoms with Crippen LogP contribution in [0.15, 0.2) is 24.3 Å². The number of likely N-dealkylation sites (tertiary alicyclic amines) is 1. The lowest BCUT2D eigenvalue weighted by Crippen LogP contribution is -2.39. The number of amides is 1. The summed E-state index contributed by atoms with van der Waals surface area (Å²) in [5.74, 6) is 0.268. The van der Waals surface area contributed by atoms with Gasteiger partial charge in [0, 0.05) is 29.1 Å². The third kappa shape index (κ3) is 2.87. The monoisotopic (exact) mass is 330 g/mol. The van der Waals surface area contributed by atoms with Gasteiger partial charge in [0.15, 0.2) is 0 Å². The topological polar surface area (TPSA) is 46.3 Å². The standard InChI is InChI=1S/C12H15IN2O/c13-10-3-6-12(16)15(8-10)7-9-1-4-11(14)5-2-9/h1-2,4-5,10H,3,6-8,14H2/t10-/m0/s1. The lowest BCUT2D eigenvalue weighted by Gasteiger charge is -2.30. The number of piperidine rings is 1. The first-order chi connectivity index (χ1) is 7.65. The molecule has 1 aromatic carbocycles. The van der Waals surface area contributed by atoms with E-state index >= 15 is 0 Å². The lowest BCUT2D eigenvalue weighted by molar-refractivity contribution is -0.133. The number of hydrogen-bond donors (Lipinski definition) is 1. The number of nitrogens with two attached hydrogens (primary N) is 1. The second kappa shape index (κ2) is 5.03. The Kier molecular flexibility index (Phi) is 3.68. The van der Waals surface area contributed by atoms with Gasteiger partial charge in [0.1, 0.15) is 0 Å². The zero-order valence-electron chi connectivity index (χ0n) is 9.03. The summed E-state index contributed by atoms with van der Waals surface area (Å²) < 4.78 is 0.587. The maximum Gasteiger partial charge on any atom is 0.222 e. The molecule has 4 heteroatoms. The van der Waals surface area contributed by atoms with Crippen molar-refractivity contribution in [1.29, 1.82) is 0 Å². The highest BCUT2D eigenvalue weighted by atomic mass is 127. The van der Waals surface area contributed by atoms with Gasteiger partial charge in [-0.25, -0.2) is 0 Å². The lowest BCUT2D eigenvalue weighted by atomic mass is 10.1. The molecular weight excluding hydrogens is 315 g/mol. The molecule has 0 radical (unpaired) electrons. The number of benzene rings is 1. The Bertz CT molecular complexity index is 377. The van der Waals surface area contributed by atoms with Crippen LogP contribution in [0.4, 0.5) is 5.69 Å². The number of carbonyl (C=O) groups is 1. The highest BCUT2D eigenvalue weighted by molar-refractivity contribution is 14.1. The highest BCUT2D eigenvalue weighted by Crippen LogP contribution is 2.20. The molecule has 0 saturated carbocycles. The molecule has 1 fully saturated rings. The number of nitrogen functional groups attached to an aromatic ring is 1. The van der Waals surface area contributed by atoms with Crippen molar-refractivity contribution in [3.05, 3.63) is 29.8 Å². The summed E-state index contributed by atoms with van der Waals surface area (Å²) in [4.78, 5) is 13.6. The van der Waals surface area contributed by atoms with E-state index in [1.165, 1.54) is 0 Å². The van der Waals surface area contributed by atoms with Crippen molar-refractivity contribution in [2.45, 2.75) is 23.3 Å². The van der Waals surface area contributed by atoms with E-state index in [1.807, 2.05) is 29.2 Å². The van der Waals surface area contributed by atoms with Crippen molar-refractivity contribution < 1.29 is 4.79 Å². The quantitative estimate of drug-likeness (QED) is 0.513. The largest absolute Gasteiger partial charge is 0.399 e. The Hall–Kier alpha value is -0.780. The second-order valence-electron chi connectivity index (χ2n) is 4.15. The summed E-state index contributed by atoms with van der Waals surface area (Å²) in [7, 11) is 0. The molecule has 0 aromatic heterocycles. The van der Waals surface area contributed by atoms with Crippen molar-refractivity contribution in [1.82, 2.24) is 4.90 Å². The Morgan fingerprint density at radius 2 is 2.06 bits per heavy atom. The zero-order valence-corrected chi connectivity index (χ0v) is 11.2. The third-order valence-corrected chi connectivity index (χ3v) is 3.81. The third-order valence-electron chi connectivity index (χ3n) is 2.80. The molecule has 2 rings (SSSR count). The summed E-state index contributed by atoms with van der Waals surface area (Å²) in [6, 6.07) is 7.73. The van der Waals surface area contributed by atoms with Crippen LogP contribution in [0.3, 0.4) is 0 Å². The van der Waals surface area contributed by atoms with Gasteiger partial charge in [-0.1, -0.05) is 34.7 Å². The predicted molar refractivity (Wildman–Crippen MR) is 73.3 cm³/mol. The van der Waals surface area contributed by atoms with Crippen LogP contribution >= 0.6 is 22.6 Å². The van der Waals surface area contributed by atoms with Crippen molar-refractivity contribution >= 4 is 34.2 Å². The molecule has 16 heavy (non-hydrogen) atoms. The number of halogens is 1. The molecule has 1 aliphatic rings. The first-order valence-electron chi connectivity index (χ1n) is 5.41. The Balaban J connectivity index is 2.02. The van der Waals surface area contributed by atoms with Gasteiger partial charge in [-0.15, -0.1) is 0 Å². The van der Waals surface area contributed by atoms with Crippen LogP contribution in [0.25, 0.3) is 0 Å². The number of alkyl halides is 1. The van der Waals surface area contributed by atoms with Crippen LogP contribution in [-0.2, 0) is 11.3 Å². The van der Waals surface area contributed by atoms with Gasteiger partial charge in [0.05, 0.1) is 0 Å². The van der Waals surface area contributed by atoms with Crippen LogP contribution in [0.5, 0.6) is 0 Å². The number of nitrogens with zero attached hydrogens (tertiary/aromatic N) is 1. The van der Waals surface area contributed by atoms with E-state index in [9.17, 15) is 4.79 Å². The van der Waals surface area contributed by atoms with Gasteiger partial charge < -0.3 is 10.6 Å². The molecule has 1 amide bonds. The van der Waals surface area contributed by atoms with E-state index in [0.29, 0.717) is 16.9 Å². The van der Waals surface area contributed by atoms with E-state index in [1.54, 1.807) is 0 Å². The SMILES string of the molecule is Nc1ccc(CN2C[C@@H](I)CCC2=O)cc1. The molecule has 1 heterocycles. The van der Waals surface area contributed by atoms with E-state index in [2.05, 4.69) is 22.6 Å². The van der Waals surface area contributed by atoms with Crippen LogP contribution in [0.1, 0.15) is 18.4 Å². The van der Waals surface area contributed by atoms with E-state index in [0.717, 1.165) is 24.2 Å². The van der Waals surface area contributed by atoms with Gasteiger partial charge in [-0.05, 0) is 24.1 Å². The minimum atomic E-state index is 0.268. The van der Waals surface area contributed by atoms with Crippen LogP contribution < -0.4 is 5.73 Å². The van der Waals surface area contributed by atoms with E-state index in [4.69, 9.17) is 5.73 Å². The van der Waals surface area contributed by atoms with Crippen LogP contribution in [-0.4, -0.2) is 21.3 Å². The summed E-state index contributed by atoms with van der Waals surface area (Å²) in [5, 5.41) is 0. The minimum Gasteiger partial charge on any atom is -0.399 e. The molecule has 0 spiro atoms. The Morgan fingerprint density at radius 1 is 1.38 bits per heavy atom. The van der Waals surface area contributed by atoms with Crippen molar-refractivity contribution in [2.75, 3.05) is 12.3 Å². The molecule has 1 aliphatic heterocycles. The van der Waals surface area contributed by atoms with Crippen molar-refractivity contribution in [3.8, 4) is 0 Å². The fourth-order valence-corrected chi connectivity index (χ4v) is 2.65. The summed E-state index contributed by atoms with van der Waals surface area (Å²) >= 11 is 2.42. The Morgan fingerprint density at radius 3 is 2.75 bits per heavy atom. The molecule has 1 aromatic rings. The van der Waals surface area contributed by atoms with E-state index < -0.39 is 0 Å². The fourth-order valence-electron chi connectivity index (χ4n) is 1.87. The maximum atomic E-state index is 11.7. The van der Waals surface area contributed by atoms with Crippen LogP contribution in [0, 0.1) is 0 Å². The second-order valence-corrected chi connectivity index (χ2v) is 5.91. The first-order valence-corrected chi connectivity index (χ1v) is 6.66. The highest BCUT2D eigenvalue weighted by Gasteiger charge is 2.23. The van der Waals surface area contributed by atoms with Crippen LogP contribution in [0.2, 0.25) is 0 Å². The van der Waals surface area contributed by atoms with Crippen molar-refractivity contribution in [3.63, 3.8) is 0 Å². The molecule has 2 N–H and O–H groups in total. The molecule has 0 bridgehead atoms. The van der Waals surface area contributed by atoms with Gasteiger partial charge in [-0.2, -0.15) is 0 Å². The van der Waals surface area contributed by atoms with Gasteiger partial charge >= 0.3 is 0 Å². The van der Waals surface area contributed by atoms with Gasteiger partial charge in [0.25, 0.3) is 0 Å². The summed E-state index contributed by atoms with van der Waals surface area (Å²) in [6.45, 7) is 1.57. The van der Waals surface area contributed by atoms with E-state index in [-0.39, 0.29) is 5.91 Å². The molecular formula is C12H15IN2O. The smallest absolute Gasteiger partial charge is 0.222 e. The van der Waals surface area contributed by atoms with Crippen molar-refractivity contribution in [2.24, 2.45) is 0 Å². The average Bonchev–Trinajstić information content (AvgIpc) is 2.27. The van der Waals surface area contributed by atoms with Gasteiger partial charge in [-0.3, -0.25) is 4.79 Å². The predicted octanol–water partition coefficient (Wildman–Crippen LogP) is 2.19. The number of carbonyl (C=O) groups excluding carboxylic acids is 1. The minimum absolute atomic E-state index is 0.268. The molecule has 3 nitrogen and oxygen atoms in total. The first kappa shape index (κ1) is 11.7. The summed E-state index contributed by atoms with van der Waals surface area (Å²) in [6.07, 6.45) is 1.69. The summed E-state index contributed by atoms with van der Waals surface area (Å²) in [5.41, 5.74) is 7.54. The maximum absolute atomic E-state index is 11.7. The number of anilines is 1. The molecule has 1 saturated heterocycles. The van der Waals surface area contributed by atoms with Gasteiger partial charge in [0.2, 0.25) is 5.91 Å². The average molecular weight is 330 g/mol. The molecule has 1 atom stereocenters. The normalized spacial score (nSPS) is 21.2.